The molecule has 0 N–H and O–H groups in total. The summed E-state index contributed by atoms with van der Waals surface area (Å²) in [5, 5.41) is 2.17. The van der Waals surface area contributed by atoms with Crippen molar-refractivity contribution < 1.29 is 8.83 Å². The minimum absolute atomic E-state index is 0.565. The van der Waals surface area contributed by atoms with Gasteiger partial charge in [-0.25, -0.2) is 4.98 Å². The van der Waals surface area contributed by atoms with Crippen molar-refractivity contribution in [3.8, 4) is 11.5 Å². The molecule has 2 heterocycles. The van der Waals surface area contributed by atoms with E-state index >= 15 is 0 Å². The number of hydrogen-bond donors (Lipinski definition) is 0. The highest BCUT2D eigenvalue weighted by atomic mass is 16.3. The summed E-state index contributed by atoms with van der Waals surface area (Å²) in [5.74, 6) is 0.565. The Balaban J connectivity index is 1.33. The van der Waals surface area contributed by atoms with Gasteiger partial charge in [0.15, 0.2) is 5.58 Å². The molecule has 9 rings (SSSR count). The number of anilines is 6. The molecule has 0 atom stereocenters. The molecule has 228 valence electrons. The molecule has 48 heavy (non-hydrogen) atoms. The molecular weight excluding hydrogens is 590 g/mol. The van der Waals surface area contributed by atoms with Crippen LogP contribution in [0.2, 0.25) is 0 Å². The van der Waals surface area contributed by atoms with Gasteiger partial charge in [-0.1, -0.05) is 91.0 Å². The number of para-hydroxylation sites is 4. The van der Waals surface area contributed by atoms with Gasteiger partial charge in [0.2, 0.25) is 5.89 Å². The standard InChI is InChI=1S/C43H29N3O2/c1-5-15-30(16-6-1)43-44-38-27-35(45(31-17-7-2-8-18-31)32-19-9-3-10-20-32)28-39(42(38)48-43)46(33-21-11-4-12-22-33)34-25-26-37-36-23-13-14-24-40(36)47-41(37)29-34/h1-29H. The van der Waals surface area contributed by atoms with Crippen LogP contribution in [0, 0.1) is 0 Å². The normalized spacial score (nSPS) is 11.3. The molecular formula is C43H29N3O2. The van der Waals surface area contributed by atoms with Gasteiger partial charge in [0, 0.05) is 39.5 Å². The Morgan fingerprint density at radius 3 is 1.62 bits per heavy atom. The summed E-state index contributed by atoms with van der Waals surface area (Å²) in [5.41, 5.74) is 9.85. The summed E-state index contributed by atoms with van der Waals surface area (Å²) in [6.45, 7) is 0. The van der Waals surface area contributed by atoms with Crippen LogP contribution in [-0.2, 0) is 0 Å². The average Bonchev–Trinajstić information content (AvgIpc) is 3.75. The van der Waals surface area contributed by atoms with E-state index in [1.807, 2.05) is 66.7 Å². The van der Waals surface area contributed by atoms with Crippen molar-refractivity contribution in [2.45, 2.75) is 0 Å². The minimum Gasteiger partial charge on any atom is -0.456 e. The monoisotopic (exact) mass is 619 g/mol. The molecule has 5 heteroatoms. The van der Waals surface area contributed by atoms with E-state index in [4.69, 9.17) is 13.8 Å². The van der Waals surface area contributed by atoms with Crippen LogP contribution in [0.1, 0.15) is 0 Å². The van der Waals surface area contributed by atoms with Gasteiger partial charge < -0.3 is 18.6 Å². The molecule has 7 aromatic carbocycles. The van der Waals surface area contributed by atoms with Gasteiger partial charge in [-0.2, -0.15) is 0 Å². The fraction of sp³-hybridized carbons (Fsp3) is 0. The van der Waals surface area contributed by atoms with Crippen molar-refractivity contribution in [3.63, 3.8) is 0 Å². The molecule has 5 nitrogen and oxygen atoms in total. The maximum absolute atomic E-state index is 6.70. The molecule has 0 radical (unpaired) electrons. The summed E-state index contributed by atoms with van der Waals surface area (Å²) in [7, 11) is 0. The van der Waals surface area contributed by atoms with Gasteiger partial charge in [0.05, 0.1) is 17.1 Å². The number of aromatic nitrogens is 1. The van der Waals surface area contributed by atoms with Gasteiger partial charge in [-0.3, -0.25) is 0 Å². The van der Waals surface area contributed by atoms with E-state index in [1.54, 1.807) is 0 Å². The molecule has 0 spiro atoms. The van der Waals surface area contributed by atoms with E-state index in [2.05, 4.69) is 119 Å². The SMILES string of the molecule is c1ccc(-c2nc3cc(N(c4ccccc4)c4ccccc4)cc(N(c4ccccc4)c4ccc5c(c4)oc4ccccc45)c3o2)cc1. The molecule has 2 aromatic heterocycles. The zero-order valence-electron chi connectivity index (χ0n) is 25.9. The third-order valence-corrected chi connectivity index (χ3v) is 8.64. The van der Waals surface area contributed by atoms with Gasteiger partial charge in [0.25, 0.3) is 0 Å². The Morgan fingerprint density at radius 1 is 0.396 bits per heavy atom. The van der Waals surface area contributed by atoms with E-state index < -0.39 is 0 Å². The Hall–Kier alpha value is -6.59. The number of furan rings is 1. The number of benzene rings is 7. The maximum atomic E-state index is 6.70. The summed E-state index contributed by atoms with van der Waals surface area (Å²) >= 11 is 0. The number of hydrogen-bond acceptors (Lipinski definition) is 5. The maximum Gasteiger partial charge on any atom is 0.227 e. The third-order valence-electron chi connectivity index (χ3n) is 8.64. The van der Waals surface area contributed by atoms with Crippen LogP contribution in [0.5, 0.6) is 0 Å². The smallest absolute Gasteiger partial charge is 0.227 e. The average molecular weight is 620 g/mol. The Labute approximate surface area is 277 Å². The van der Waals surface area contributed by atoms with E-state index in [0.717, 1.165) is 67.1 Å². The van der Waals surface area contributed by atoms with Gasteiger partial charge in [-0.15, -0.1) is 0 Å². The summed E-state index contributed by atoms with van der Waals surface area (Å²) < 4.78 is 13.1. The highest BCUT2D eigenvalue weighted by molar-refractivity contribution is 6.07. The number of fused-ring (bicyclic) bond motifs is 4. The molecule has 0 saturated heterocycles. The largest absolute Gasteiger partial charge is 0.456 e. The van der Waals surface area contributed by atoms with Crippen LogP contribution < -0.4 is 9.80 Å². The molecule has 0 bridgehead atoms. The molecule has 0 fully saturated rings. The van der Waals surface area contributed by atoms with Crippen molar-refractivity contribution in [2.24, 2.45) is 0 Å². The van der Waals surface area contributed by atoms with E-state index in [0.29, 0.717) is 11.5 Å². The topological polar surface area (TPSA) is 45.7 Å². The Morgan fingerprint density at radius 2 is 0.958 bits per heavy atom. The highest BCUT2D eigenvalue weighted by Crippen LogP contribution is 2.46. The first kappa shape index (κ1) is 27.7. The zero-order chi connectivity index (χ0) is 31.9. The van der Waals surface area contributed by atoms with Gasteiger partial charge >= 0.3 is 0 Å². The molecule has 0 amide bonds. The second kappa shape index (κ2) is 11.6. The lowest BCUT2D eigenvalue weighted by Crippen LogP contribution is -2.13. The van der Waals surface area contributed by atoms with Crippen molar-refractivity contribution >= 4 is 67.2 Å². The molecule has 0 unspecified atom stereocenters. The lowest BCUT2D eigenvalue weighted by molar-refractivity contribution is 0.620. The molecule has 0 aliphatic carbocycles. The van der Waals surface area contributed by atoms with Crippen LogP contribution in [0.4, 0.5) is 34.1 Å². The van der Waals surface area contributed by atoms with E-state index in [1.165, 1.54) is 0 Å². The predicted molar refractivity (Wildman–Crippen MR) is 196 cm³/mol. The fourth-order valence-electron chi connectivity index (χ4n) is 6.46. The summed E-state index contributed by atoms with van der Waals surface area (Å²) in [6, 6.07) is 60.1. The van der Waals surface area contributed by atoms with Crippen LogP contribution in [-0.4, -0.2) is 4.98 Å². The Kier molecular flexibility index (Phi) is 6.72. The summed E-state index contributed by atoms with van der Waals surface area (Å²) in [6.07, 6.45) is 0. The van der Waals surface area contributed by atoms with Crippen LogP contribution in [0.3, 0.4) is 0 Å². The lowest BCUT2D eigenvalue weighted by atomic mass is 10.1. The van der Waals surface area contributed by atoms with Gasteiger partial charge in [0.1, 0.15) is 16.7 Å². The highest BCUT2D eigenvalue weighted by Gasteiger charge is 2.24. The van der Waals surface area contributed by atoms with Crippen molar-refractivity contribution in [1.29, 1.82) is 0 Å². The number of rotatable bonds is 7. The molecule has 0 aliphatic heterocycles. The predicted octanol–water partition coefficient (Wildman–Crippen LogP) is 12.3. The fourth-order valence-corrected chi connectivity index (χ4v) is 6.46. The first-order valence-corrected chi connectivity index (χ1v) is 16.0. The first-order valence-electron chi connectivity index (χ1n) is 16.0. The lowest BCUT2D eigenvalue weighted by Gasteiger charge is -2.29. The number of nitrogens with zero attached hydrogens (tertiary/aromatic N) is 3. The second-order valence-electron chi connectivity index (χ2n) is 11.7. The molecule has 0 saturated carbocycles. The zero-order valence-corrected chi connectivity index (χ0v) is 25.9. The van der Waals surface area contributed by atoms with Crippen molar-refractivity contribution in [2.75, 3.05) is 9.80 Å². The minimum atomic E-state index is 0.565. The summed E-state index contributed by atoms with van der Waals surface area (Å²) in [4.78, 5) is 9.57. The van der Waals surface area contributed by atoms with E-state index in [9.17, 15) is 0 Å². The van der Waals surface area contributed by atoms with Crippen LogP contribution in [0.25, 0.3) is 44.5 Å². The van der Waals surface area contributed by atoms with E-state index in [-0.39, 0.29) is 0 Å². The first-order chi connectivity index (χ1) is 23.8. The molecule has 0 aliphatic rings. The number of oxazole rings is 1. The Bertz CT molecular complexity index is 2470. The third kappa shape index (κ3) is 4.86. The van der Waals surface area contributed by atoms with Crippen LogP contribution >= 0.6 is 0 Å². The van der Waals surface area contributed by atoms with Crippen molar-refractivity contribution in [3.05, 3.63) is 176 Å². The van der Waals surface area contributed by atoms with Gasteiger partial charge in [-0.05, 0) is 78.9 Å². The quantitative estimate of drug-likeness (QED) is 0.178. The second-order valence-corrected chi connectivity index (χ2v) is 11.7. The molecule has 9 aromatic rings. The van der Waals surface area contributed by atoms with Crippen molar-refractivity contribution in [1.82, 2.24) is 4.98 Å². The van der Waals surface area contributed by atoms with Crippen LogP contribution in [0.15, 0.2) is 185 Å².